The molecule has 0 aliphatic rings. The molecule has 0 aliphatic carbocycles. The van der Waals surface area contributed by atoms with Crippen LogP contribution in [0, 0.1) is 0 Å². The van der Waals surface area contributed by atoms with Crippen molar-refractivity contribution in [1.29, 1.82) is 0 Å². The van der Waals surface area contributed by atoms with E-state index in [0.29, 0.717) is 0 Å². The fourth-order valence-electron chi connectivity index (χ4n) is 1.67. The SMILES string of the molecule is SNCc1ccc(Oc2ccc(CNS)cc2)cc1. The van der Waals surface area contributed by atoms with Crippen LogP contribution in [0.2, 0.25) is 0 Å². The lowest BCUT2D eigenvalue weighted by atomic mass is 10.2. The first-order valence-corrected chi connectivity index (χ1v) is 6.81. The smallest absolute Gasteiger partial charge is 0.127 e. The van der Waals surface area contributed by atoms with E-state index in [2.05, 4.69) is 35.1 Å². The fraction of sp³-hybridized carbons (Fsp3) is 0.143. The van der Waals surface area contributed by atoms with Gasteiger partial charge in [-0.3, -0.25) is 9.44 Å². The molecule has 0 aromatic heterocycles. The Morgan fingerprint density at radius 2 is 1.05 bits per heavy atom. The largest absolute Gasteiger partial charge is 0.457 e. The molecule has 0 saturated carbocycles. The monoisotopic (exact) mass is 292 g/mol. The molecule has 0 atom stereocenters. The Morgan fingerprint density at radius 3 is 1.37 bits per heavy atom. The van der Waals surface area contributed by atoms with Gasteiger partial charge in [-0.15, -0.1) is 0 Å². The summed E-state index contributed by atoms with van der Waals surface area (Å²) in [6, 6.07) is 15.8. The standard InChI is InChI=1S/C14H16N2OS2/c18-15-9-11-1-5-13(6-2-11)17-14-7-3-12(4-8-14)10-16-19/h1-8,15-16,18-19H,9-10H2. The highest BCUT2D eigenvalue weighted by atomic mass is 32.1. The molecule has 5 heteroatoms. The maximum atomic E-state index is 5.77. The van der Waals surface area contributed by atoms with Gasteiger partial charge < -0.3 is 4.74 Å². The van der Waals surface area contributed by atoms with Crippen LogP contribution in [0.25, 0.3) is 0 Å². The number of hydrogen-bond acceptors (Lipinski definition) is 5. The quantitative estimate of drug-likeness (QED) is 0.616. The summed E-state index contributed by atoms with van der Waals surface area (Å²) in [5.41, 5.74) is 2.33. The summed E-state index contributed by atoms with van der Waals surface area (Å²) in [4.78, 5) is 0. The van der Waals surface area contributed by atoms with Crippen LogP contribution in [-0.4, -0.2) is 0 Å². The second-order valence-electron chi connectivity index (χ2n) is 4.06. The maximum Gasteiger partial charge on any atom is 0.127 e. The first kappa shape index (κ1) is 14.3. The zero-order valence-corrected chi connectivity index (χ0v) is 12.1. The number of thiol groups is 2. The molecule has 2 aromatic carbocycles. The number of ether oxygens (including phenoxy) is 1. The van der Waals surface area contributed by atoms with Gasteiger partial charge in [-0.25, -0.2) is 0 Å². The molecule has 0 fully saturated rings. The third-order valence-electron chi connectivity index (χ3n) is 2.65. The van der Waals surface area contributed by atoms with Gasteiger partial charge in [-0.2, -0.15) is 0 Å². The highest BCUT2D eigenvalue weighted by Gasteiger charge is 1.98. The van der Waals surface area contributed by atoms with Crippen molar-refractivity contribution in [2.24, 2.45) is 0 Å². The van der Waals surface area contributed by atoms with Crippen molar-refractivity contribution in [3.05, 3.63) is 59.7 Å². The summed E-state index contributed by atoms with van der Waals surface area (Å²) in [6.45, 7) is 1.46. The lowest BCUT2D eigenvalue weighted by molar-refractivity contribution is 0.482. The van der Waals surface area contributed by atoms with E-state index in [1.54, 1.807) is 0 Å². The maximum absolute atomic E-state index is 5.77. The number of nitrogens with one attached hydrogen (secondary N) is 2. The predicted molar refractivity (Wildman–Crippen MR) is 84.6 cm³/mol. The van der Waals surface area contributed by atoms with Crippen LogP contribution < -0.4 is 14.2 Å². The third-order valence-corrected chi connectivity index (χ3v) is 2.96. The summed E-state index contributed by atoms with van der Waals surface area (Å²) in [5, 5.41) is 0. The van der Waals surface area contributed by atoms with E-state index < -0.39 is 0 Å². The van der Waals surface area contributed by atoms with E-state index >= 15 is 0 Å². The summed E-state index contributed by atoms with van der Waals surface area (Å²) in [6.07, 6.45) is 0. The van der Waals surface area contributed by atoms with Gasteiger partial charge in [0.15, 0.2) is 0 Å². The number of benzene rings is 2. The molecule has 19 heavy (non-hydrogen) atoms. The van der Waals surface area contributed by atoms with Crippen LogP contribution in [0.5, 0.6) is 11.5 Å². The molecule has 100 valence electrons. The Kier molecular flexibility index (Phi) is 5.60. The average Bonchev–Trinajstić information content (AvgIpc) is 2.44. The molecule has 0 amide bonds. The zero-order chi connectivity index (χ0) is 13.5. The van der Waals surface area contributed by atoms with Gasteiger partial charge in [-0.1, -0.05) is 49.9 Å². The molecule has 0 radical (unpaired) electrons. The lowest BCUT2D eigenvalue weighted by Gasteiger charge is -2.07. The van der Waals surface area contributed by atoms with Gasteiger partial charge in [0.2, 0.25) is 0 Å². The molecule has 2 rings (SSSR count). The van der Waals surface area contributed by atoms with E-state index in [1.807, 2.05) is 48.5 Å². The van der Waals surface area contributed by atoms with Crippen LogP contribution in [0.3, 0.4) is 0 Å². The molecule has 2 N–H and O–H groups in total. The highest BCUT2D eigenvalue weighted by Crippen LogP contribution is 2.22. The van der Waals surface area contributed by atoms with Crippen LogP contribution in [0.1, 0.15) is 11.1 Å². The average molecular weight is 292 g/mol. The Balaban J connectivity index is 1.99. The molecule has 0 spiro atoms. The van der Waals surface area contributed by atoms with Crippen LogP contribution in [0.15, 0.2) is 48.5 Å². The molecular weight excluding hydrogens is 276 g/mol. The normalized spacial score (nSPS) is 10.4. The number of rotatable bonds is 6. The second-order valence-corrected chi connectivity index (χ2v) is 4.69. The van der Waals surface area contributed by atoms with Crippen molar-refractivity contribution in [3.8, 4) is 11.5 Å². The Hall–Kier alpha value is -1.14. The minimum absolute atomic E-state index is 0.731. The molecule has 3 nitrogen and oxygen atoms in total. The molecular formula is C14H16N2OS2. The van der Waals surface area contributed by atoms with Gasteiger partial charge in [0.05, 0.1) is 0 Å². The number of hydrogen-bond donors (Lipinski definition) is 4. The van der Waals surface area contributed by atoms with Crippen LogP contribution in [0.4, 0.5) is 0 Å². The lowest BCUT2D eigenvalue weighted by Crippen LogP contribution is -1.98. The van der Waals surface area contributed by atoms with E-state index in [4.69, 9.17) is 4.74 Å². The van der Waals surface area contributed by atoms with E-state index in [-0.39, 0.29) is 0 Å². The van der Waals surface area contributed by atoms with Crippen molar-refractivity contribution in [3.63, 3.8) is 0 Å². The van der Waals surface area contributed by atoms with E-state index in [0.717, 1.165) is 35.7 Å². The Labute approximate surface area is 124 Å². The van der Waals surface area contributed by atoms with Gasteiger partial charge in [-0.05, 0) is 35.4 Å². The fourth-order valence-corrected chi connectivity index (χ4v) is 2.03. The van der Waals surface area contributed by atoms with Crippen molar-refractivity contribution < 1.29 is 4.74 Å². The van der Waals surface area contributed by atoms with Crippen molar-refractivity contribution in [1.82, 2.24) is 9.44 Å². The molecule has 0 unspecified atom stereocenters. The highest BCUT2D eigenvalue weighted by molar-refractivity contribution is 7.78. The van der Waals surface area contributed by atoms with Crippen molar-refractivity contribution >= 4 is 25.6 Å². The second kappa shape index (κ2) is 7.45. The minimum atomic E-state index is 0.731. The zero-order valence-electron chi connectivity index (χ0n) is 10.3. The van der Waals surface area contributed by atoms with E-state index in [9.17, 15) is 0 Å². The third kappa shape index (κ3) is 4.47. The summed E-state index contributed by atoms with van der Waals surface area (Å²) < 4.78 is 11.4. The molecule has 0 heterocycles. The van der Waals surface area contributed by atoms with Gasteiger partial charge in [0.1, 0.15) is 11.5 Å². The van der Waals surface area contributed by atoms with Crippen molar-refractivity contribution in [2.75, 3.05) is 0 Å². The summed E-state index contributed by atoms with van der Waals surface area (Å²) in [5.74, 6) is 1.64. The minimum Gasteiger partial charge on any atom is -0.457 e. The van der Waals surface area contributed by atoms with Crippen LogP contribution >= 0.6 is 25.6 Å². The molecule has 0 bridgehead atoms. The van der Waals surface area contributed by atoms with Gasteiger partial charge in [0.25, 0.3) is 0 Å². The van der Waals surface area contributed by atoms with Crippen molar-refractivity contribution in [2.45, 2.75) is 13.1 Å². The first-order chi connectivity index (χ1) is 9.31. The predicted octanol–water partition coefficient (Wildman–Crippen LogP) is 3.35. The topological polar surface area (TPSA) is 33.3 Å². The molecule has 2 aromatic rings. The van der Waals surface area contributed by atoms with Gasteiger partial charge in [0, 0.05) is 13.1 Å². The summed E-state index contributed by atoms with van der Waals surface area (Å²) >= 11 is 7.95. The molecule has 0 aliphatic heterocycles. The van der Waals surface area contributed by atoms with Gasteiger partial charge >= 0.3 is 0 Å². The Morgan fingerprint density at radius 1 is 0.684 bits per heavy atom. The first-order valence-electron chi connectivity index (χ1n) is 5.91. The Bertz CT molecular complexity index is 452. The summed E-state index contributed by atoms with van der Waals surface area (Å²) in [7, 11) is 0. The molecule has 0 saturated heterocycles. The van der Waals surface area contributed by atoms with E-state index in [1.165, 1.54) is 0 Å². The van der Waals surface area contributed by atoms with Crippen LogP contribution in [-0.2, 0) is 13.1 Å².